The van der Waals surface area contributed by atoms with Gasteiger partial charge in [-0.15, -0.1) is 0 Å². The Morgan fingerprint density at radius 1 is 0.952 bits per heavy atom. The van der Waals surface area contributed by atoms with Crippen molar-refractivity contribution in [2.24, 2.45) is 0 Å². The summed E-state index contributed by atoms with van der Waals surface area (Å²) in [4.78, 5) is 0. The first-order chi connectivity index (χ1) is 10.2. The van der Waals surface area contributed by atoms with Gasteiger partial charge in [0.15, 0.2) is 0 Å². The average molecular weight is 281 g/mol. The molecule has 0 spiro atoms. The van der Waals surface area contributed by atoms with Gasteiger partial charge in [-0.3, -0.25) is 0 Å². The van der Waals surface area contributed by atoms with Crippen LogP contribution in [-0.2, 0) is 5.41 Å². The maximum absolute atomic E-state index is 5.99. The molecule has 0 aromatic heterocycles. The third kappa shape index (κ3) is 3.11. The van der Waals surface area contributed by atoms with Crippen LogP contribution in [0.1, 0.15) is 31.4 Å². The maximum atomic E-state index is 5.99. The summed E-state index contributed by atoms with van der Waals surface area (Å²) in [6.45, 7) is 6.54. The predicted molar refractivity (Wildman–Crippen MR) is 86.9 cm³/mol. The molecule has 0 amide bonds. The van der Waals surface area contributed by atoms with Crippen LogP contribution in [0.2, 0.25) is 0 Å². The second-order valence-corrected chi connectivity index (χ2v) is 6.25. The first-order valence-electron chi connectivity index (χ1n) is 7.70. The molecule has 2 nitrogen and oxygen atoms in total. The van der Waals surface area contributed by atoms with Crippen LogP contribution in [0, 0.1) is 0 Å². The molecule has 0 saturated carbocycles. The second-order valence-electron chi connectivity index (χ2n) is 6.25. The first kappa shape index (κ1) is 14.2. The van der Waals surface area contributed by atoms with Crippen LogP contribution in [0.4, 0.5) is 0 Å². The van der Waals surface area contributed by atoms with Crippen molar-refractivity contribution in [3.63, 3.8) is 0 Å². The molecule has 0 aliphatic carbocycles. The molecule has 1 heterocycles. The van der Waals surface area contributed by atoms with Crippen molar-refractivity contribution in [3.05, 3.63) is 65.7 Å². The summed E-state index contributed by atoms with van der Waals surface area (Å²) >= 11 is 0. The fourth-order valence-electron chi connectivity index (χ4n) is 2.89. The van der Waals surface area contributed by atoms with Crippen molar-refractivity contribution >= 4 is 0 Å². The van der Waals surface area contributed by atoms with Gasteiger partial charge in [0.2, 0.25) is 0 Å². The smallest absolute Gasteiger partial charge is 0.119 e. The van der Waals surface area contributed by atoms with Crippen molar-refractivity contribution in [1.82, 2.24) is 5.32 Å². The van der Waals surface area contributed by atoms with Gasteiger partial charge in [0.25, 0.3) is 0 Å². The molecule has 2 aromatic carbocycles. The van der Waals surface area contributed by atoms with Crippen molar-refractivity contribution in [1.29, 1.82) is 0 Å². The zero-order valence-electron chi connectivity index (χ0n) is 12.8. The molecule has 1 aliphatic heterocycles. The van der Waals surface area contributed by atoms with Crippen LogP contribution in [-0.4, -0.2) is 19.2 Å². The quantitative estimate of drug-likeness (QED) is 0.921. The monoisotopic (exact) mass is 281 g/mol. The number of hydrogen-bond acceptors (Lipinski definition) is 2. The van der Waals surface area contributed by atoms with E-state index in [1.807, 2.05) is 0 Å². The minimum atomic E-state index is 0.00863. The zero-order valence-corrected chi connectivity index (χ0v) is 12.8. The van der Waals surface area contributed by atoms with Gasteiger partial charge in [-0.05, 0) is 36.2 Å². The highest BCUT2D eigenvalue weighted by Crippen LogP contribution is 2.32. The summed E-state index contributed by atoms with van der Waals surface area (Å²) in [5.41, 5.74) is 2.65. The highest BCUT2D eigenvalue weighted by molar-refractivity contribution is 5.39. The Hall–Kier alpha value is -1.80. The van der Waals surface area contributed by atoms with Gasteiger partial charge in [-0.2, -0.15) is 0 Å². The Labute approximate surface area is 127 Å². The minimum absolute atomic E-state index is 0.00863. The molecule has 21 heavy (non-hydrogen) atoms. The van der Waals surface area contributed by atoms with Gasteiger partial charge in [-0.1, -0.05) is 56.3 Å². The van der Waals surface area contributed by atoms with Crippen molar-refractivity contribution in [2.45, 2.75) is 31.8 Å². The fourth-order valence-corrected chi connectivity index (χ4v) is 2.89. The Morgan fingerprint density at radius 3 is 2.24 bits per heavy atom. The van der Waals surface area contributed by atoms with Crippen LogP contribution < -0.4 is 10.1 Å². The van der Waals surface area contributed by atoms with E-state index in [2.05, 4.69) is 73.8 Å². The van der Waals surface area contributed by atoms with Gasteiger partial charge in [0.1, 0.15) is 11.9 Å². The summed E-state index contributed by atoms with van der Waals surface area (Å²) in [6, 6.07) is 19.2. The Bertz CT molecular complexity index is 568. The number of rotatable bonds is 4. The lowest BCUT2D eigenvalue weighted by Gasteiger charge is -2.26. The number of benzene rings is 2. The van der Waals surface area contributed by atoms with E-state index < -0.39 is 0 Å². The average Bonchev–Trinajstić information content (AvgIpc) is 3.02. The first-order valence-corrected chi connectivity index (χ1v) is 7.70. The van der Waals surface area contributed by atoms with Crippen LogP contribution in [0.5, 0.6) is 5.75 Å². The molecule has 2 aromatic rings. The molecule has 0 radical (unpaired) electrons. The minimum Gasteiger partial charge on any atom is -0.489 e. The van der Waals surface area contributed by atoms with Crippen LogP contribution in [0.15, 0.2) is 54.6 Å². The van der Waals surface area contributed by atoms with Crippen LogP contribution in [0.3, 0.4) is 0 Å². The molecule has 110 valence electrons. The second kappa shape index (κ2) is 5.90. The SMILES string of the molecule is CC(C)(c1ccccc1)c1ccc(OC2CCNC2)cc1. The van der Waals surface area contributed by atoms with Gasteiger partial charge in [0, 0.05) is 12.0 Å². The predicted octanol–water partition coefficient (Wildman–Crippen LogP) is 3.75. The van der Waals surface area contributed by atoms with E-state index in [0.29, 0.717) is 6.10 Å². The van der Waals surface area contributed by atoms with Crippen molar-refractivity contribution in [2.75, 3.05) is 13.1 Å². The van der Waals surface area contributed by atoms with E-state index >= 15 is 0 Å². The molecule has 1 saturated heterocycles. The van der Waals surface area contributed by atoms with Gasteiger partial charge >= 0.3 is 0 Å². The van der Waals surface area contributed by atoms with Crippen molar-refractivity contribution < 1.29 is 4.74 Å². The zero-order chi connectivity index (χ0) is 14.7. The molecule has 3 rings (SSSR count). The molecular formula is C19H23NO. The highest BCUT2D eigenvalue weighted by atomic mass is 16.5. The van der Waals surface area contributed by atoms with Gasteiger partial charge < -0.3 is 10.1 Å². The van der Waals surface area contributed by atoms with E-state index in [1.54, 1.807) is 0 Å². The lowest BCUT2D eigenvalue weighted by Crippen LogP contribution is -2.20. The third-order valence-corrected chi connectivity index (χ3v) is 4.39. The Balaban J connectivity index is 1.77. The number of nitrogens with one attached hydrogen (secondary N) is 1. The van der Waals surface area contributed by atoms with Gasteiger partial charge in [-0.25, -0.2) is 0 Å². The fraction of sp³-hybridized carbons (Fsp3) is 0.368. The normalized spacial score (nSPS) is 18.7. The highest BCUT2D eigenvalue weighted by Gasteiger charge is 2.23. The molecule has 2 heteroatoms. The Morgan fingerprint density at radius 2 is 1.62 bits per heavy atom. The number of hydrogen-bond donors (Lipinski definition) is 1. The molecule has 1 aliphatic rings. The lowest BCUT2D eigenvalue weighted by molar-refractivity contribution is 0.223. The van der Waals surface area contributed by atoms with Gasteiger partial charge in [0.05, 0.1) is 0 Å². The molecule has 1 N–H and O–H groups in total. The molecule has 1 unspecified atom stereocenters. The Kier molecular flexibility index (Phi) is 3.98. The van der Waals surface area contributed by atoms with E-state index in [9.17, 15) is 0 Å². The number of ether oxygens (including phenoxy) is 1. The van der Waals surface area contributed by atoms with Crippen LogP contribution in [0.25, 0.3) is 0 Å². The lowest BCUT2D eigenvalue weighted by atomic mass is 9.78. The summed E-state index contributed by atoms with van der Waals surface area (Å²) in [6.07, 6.45) is 1.41. The summed E-state index contributed by atoms with van der Waals surface area (Å²) in [5, 5.41) is 3.32. The van der Waals surface area contributed by atoms with Crippen LogP contribution >= 0.6 is 0 Å². The molecule has 1 fully saturated rings. The summed E-state index contributed by atoms with van der Waals surface area (Å²) in [7, 11) is 0. The largest absolute Gasteiger partial charge is 0.489 e. The summed E-state index contributed by atoms with van der Waals surface area (Å²) < 4.78 is 5.99. The maximum Gasteiger partial charge on any atom is 0.119 e. The summed E-state index contributed by atoms with van der Waals surface area (Å²) in [5.74, 6) is 0.969. The van der Waals surface area contributed by atoms with E-state index in [-0.39, 0.29) is 5.41 Å². The standard InChI is InChI=1S/C19H23NO/c1-19(2,15-6-4-3-5-7-15)16-8-10-17(11-9-16)21-18-12-13-20-14-18/h3-11,18,20H,12-14H2,1-2H3. The third-order valence-electron chi connectivity index (χ3n) is 4.39. The topological polar surface area (TPSA) is 21.3 Å². The van der Waals surface area contributed by atoms with E-state index in [0.717, 1.165) is 25.3 Å². The molecular weight excluding hydrogens is 258 g/mol. The van der Waals surface area contributed by atoms with Crippen molar-refractivity contribution in [3.8, 4) is 5.75 Å². The molecule has 1 atom stereocenters. The molecule has 0 bridgehead atoms. The van der Waals surface area contributed by atoms with E-state index in [1.165, 1.54) is 11.1 Å². The van der Waals surface area contributed by atoms with E-state index in [4.69, 9.17) is 4.74 Å².